The highest BCUT2D eigenvalue weighted by Crippen LogP contribution is 2.26. The number of halogens is 2. The zero-order valence-corrected chi connectivity index (χ0v) is 12.1. The van der Waals surface area contributed by atoms with Crippen molar-refractivity contribution in [3.8, 4) is 0 Å². The summed E-state index contributed by atoms with van der Waals surface area (Å²) in [6, 6.07) is 11.2. The molecule has 98 valence electrons. The molecule has 0 heterocycles. The van der Waals surface area contributed by atoms with Crippen LogP contribution in [-0.4, -0.2) is 4.92 Å². The first kappa shape index (κ1) is 14.0. The van der Waals surface area contributed by atoms with Crippen molar-refractivity contribution in [1.82, 2.24) is 0 Å². The molecule has 0 unspecified atom stereocenters. The number of rotatable bonds is 4. The predicted molar refractivity (Wildman–Crippen MR) is 76.8 cm³/mol. The Hall–Kier alpha value is -1.40. The lowest BCUT2D eigenvalue weighted by atomic mass is 10.2. The van der Waals surface area contributed by atoms with E-state index in [1.807, 2.05) is 0 Å². The Labute approximate surface area is 122 Å². The summed E-state index contributed by atoms with van der Waals surface area (Å²) in [5.74, 6) is 0.389. The summed E-state index contributed by atoms with van der Waals surface area (Å²) in [4.78, 5) is 11.0. The first-order chi connectivity index (χ1) is 9.06. The van der Waals surface area contributed by atoms with Gasteiger partial charge >= 0.3 is 0 Å². The van der Waals surface area contributed by atoms with Gasteiger partial charge in [0.05, 0.1) is 9.40 Å². The third-order valence-electron chi connectivity index (χ3n) is 2.44. The minimum atomic E-state index is -0.425. The van der Waals surface area contributed by atoms with Gasteiger partial charge in [-0.25, -0.2) is 4.39 Å². The van der Waals surface area contributed by atoms with E-state index in [0.717, 1.165) is 10.5 Å². The Morgan fingerprint density at radius 2 is 1.89 bits per heavy atom. The van der Waals surface area contributed by atoms with Gasteiger partial charge in [0.15, 0.2) is 0 Å². The van der Waals surface area contributed by atoms with E-state index in [1.165, 1.54) is 18.2 Å². The molecule has 0 spiro atoms. The van der Waals surface area contributed by atoms with Crippen molar-refractivity contribution in [2.45, 2.75) is 10.6 Å². The minimum Gasteiger partial charge on any atom is -0.258 e. The monoisotopic (exact) mass is 341 g/mol. The van der Waals surface area contributed by atoms with Crippen LogP contribution < -0.4 is 0 Å². The van der Waals surface area contributed by atoms with Crippen molar-refractivity contribution < 1.29 is 9.31 Å². The molecule has 0 amide bonds. The molecule has 0 atom stereocenters. The maximum absolute atomic E-state index is 13.1. The van der Waals surface area contributed by atoms with Gasteiger partial charge in [-0.2, -0.15) is 0 Å². The minimum absolute atomic E-state index is 0.0777. The molecule has 0 aromatic heterocycles. The molecule has 0 saturated carbocycles. The Morgan fingerprint density at radius 3 is 2.47 bits per heavy atom. The van der Waals surface area contributed by atoms with Gasteiger partial charge in [-0.3, -0.25) is 10.1 Å². The summed E-state index contributed by atoms with van der Waals surface area (Å²) in [5.41, 5.74) is 1.06. The van der Waals surface area contributed by atoms with Gasteiger partial charge < -0.3 is 0 Å². The molecule has 19 heavy (non-hydrogen) atoms. The topological polar surface area (TPSA) is 43.1 Å². The Balaban J connectivity index is 2.01. The second-order valence-corrected chi connectivity index (χ2v) is 5.69. The summed E-state index contributed by atoms with van der Waals surface area (Å²) in [7, 11) is 0. The van der Waals surface area contributed by atoms with Crippen LogP contribution in [0.15, 0.2) is 51.8 Å². The molecule has 2 rings (SSSR count). The molecule has 0 bridgehead atoms. The van der Waals surface area contributed by atoms with Gasteiger partial charge in [-0.15, -0.1) is 11.8 Å². The van der Waals surface area contributed by atoms with Crippen LogP contribution in [0.2, 0.25) is 0 Å². The van der Waals surface area contributed by atoms with E-state index in [1.54, 1.807) is 36.0 Å². The van der Waals surface area contributed by atoms with E-state index >= 15 is 0 Å². The fraction of sp³-hybridized carbons (Fsp3) is 0.0769. The molecule has 0 fully saturated rings. The number of hydrogen-bond donors (Lipinski definition) is 0. The van der Waals surface area contributed by atoms with Gasteiger partial charge in [0.1, 0.15) is 5.82 Å². The highest BCUT2D eigenvalue weighted by molar-refractivity contribution is 9.10. The van der Waals surface area contributed by atoms with Crippen LogP contribution in [-0.2, 0) is 5.75 Å². The molecular formula is C13H9BrFNO2S. The van der Waals surface area contributed by atoms with E-state index in [-0.39, 0.29) is 11.5 Å². The second kappa shape index (κ2) is 6.16. The number of benzene rings is 2. The molecule has 0 aliphatic heterocycles. The third kappa shape index (κ3) is 3.78. The number of non-ortho nitro benzene ring substituents is 1. The molecule has 6 heteroatoms. The second-order valence-electron chi connectivity index (χ2n) is 3.79. The summed E-state index contributed by atoms with van der Waals surface area (Å²) in [5, 5.41) is 10.5. The van der Waals surface area contributed by atoms with Gasteiger partial charge in [-0.1, -0.05) is 6.07 Å². The average molecular weight is 342 g/mol. The number of thioether (sulfide) groups is 1. The van der Waals surface area contributed by atoms with Crippen LogP contribution in [0.4, 0.5) is 10.1 Å². The van der Waals surface area contributed by atoms with E-state index in [9.17, 15) is 14.5 Å². The van der Waals surface area contributed by atoms with Crippen LogP contribution in [0, 0.1) is 15.9 Å². The third-order valence-corrected chi connectivity index (χ3v) is 4.13. The van der Waals surface area contributed by atoms with Crippen molar-refractivity contribution in [1.29, 1.82) is 0 Å². The molecule has 0 saturated heterocycles. The zero-order chi connectivity index (χ0) is 13.8. The highest BCUT2D eigenvalue weighted by Gasteiger charge is 2.05. The maximum atomic E-state index is 13.1. The lowest BCUT2D eigenvalue weighted by molar-refractivity contribution is -0.384. The van der Waals surface area contributed by atoms with Crippen LogP contribution in [0.1, 0.15) is 5.56 Å². The van der Waals surface area contributed by atoms with Crippen LogP contribution in [0.3, 0.4) is 0 Å². The van der Waals surface area contributed by atoms with Gasteiger partial charge in [0.25, 0.3) is 5.69 Å². The molecule has 0 aliphatic rings. The molecule has 3 nitrogen and oxygen atoms in total. The van der Waals surface area contributed by atoms with E-state index in [4.69, 9.17) is 0 Å². The van der Waals surface area contributed by atoms with Crippen molar-refractivity contribution in [2.24, 2.45) is 0 Å². The lowest BCUT2D eigenvalue weighted by Gasteiger charge is -2.03. The maximum Gasteiger partial charge on any atom is 0.269 e. The molecule has 0 N–H and O–H groups in total. The normalized spacial score (nSPS) is 10.4. The van der Waals surface area contributed by atoms with Crippen molar-refractivity contribution >= 4 is 33.4 Å². The fourth-order valence-electron chi connectivity index (χ4n) is 1.46. The Kier molecular flexibility index (Phi) is 4.55. The SMILES string of the molecule is O=[N+]([O-])c1ccc(SCc2ccc(F)c(Br)c2)cc1. The van der Waals surface area contributed by atoms with Gasteiger partial charge in [-0.05, 0) is 45.8 Å². The quantitative estimate of drug-likeness (QED) is 0.456. The highest BCUT2D eigenvalue weighted by atomic mass is 79.9. The van der Waals surface area contributed by atoms with Crippen molar-refractivity contribution in [3.05, 3.63) is 68.4 Å². The van der Waals surface area contributed by atoms with Crippen molar-refractivity contribution in [3.63, 3.8) is 0 Å². The standard InChI is InChI=1S/C13H9BrFNO2S/c14-12-7-9(1-6-13(12)15)8-19-11-4-2-10(3-5-11)16(17)18/h1-7H,8H2. The summed E-state index contributed by atoms with van der Waals surface area (Å²) in [6.07, 6.45) is 0. The molecule has 2 aromatic carbocycles. The van der Waals surface area contributed by atoms with Crippen LogP contribution >= 0.6 is 27.7 Å². The lowest BCUT2D eigenvalue weighted by Crippen LogP contribution is -1.87. The molecular weight excluding hydrogens is 333 g/mol. The van der Waals surface area contributed by atoms with E-state index in [0.29, 0.717) is 10.2 Å². The molecule has 2 aromatic rings. The van der Waals surface area contributed by atoms with Crippen LogP contribution in [0.5, 0.6) is 0 Å². The Bertz CT molecular complexity index is 604. The molecule has 0 aliphatic carbocycles. The fourth-order valence-corrected chi connectivity index (χ4v) is 2.73. The summed E-state index contributed by atoms with van der Waals surface area (Å²) in [6.45, 7) is 0. The van der Waals surface area contributed by atoms with Gasteiger partial charge in [0.2, 0.25) is 0 Å². The number of nitro benzene ring substituents is 1. The largest absolute Gasteiger partial charge is 0.269 e. The average Bonchev–Trinajstić information content (AvgIpc) is 2.40. The van der Waals surface area contributed by atoms with E-state index in [2.05, 4.69) is 15.9 Å². The van der Waals surface area contributed by atoms with Crippen LogP contribution in [0.25, 0.3) is 0 Å². The predicted octanol–water partition coefficient (Wildman–Crippen LogP) is 4.79. The summed E-state index contributed by atoms with van der Waals surface area (Å²) >= 11 is 4.68. The first-order valence-electron chi connectivity index (χ1n) is 5.37. The Morgan fingerprint density at radius 1 is 1.21 bits per heavy atom. The first-order valence-corrected chi connectivity index (χ1v) is 7.15. The van der Waals surface area contributed by atoms with Crippen molar-refractivity contribution in [2.75, 3.05) is 0 Å². The number of hydrogen-bond acceptors (Lipinski definition) is 3. The smallest absolute Gasteiger partial charge is 0.258 e. The van der Waals surface area contributed by atoms with E-state index < -0.39 is 4.92 Å². The molecule has 0 radical (unpaired) electrons. The summed E-state index contributed by atoms with van der Waals surface area (Å²) < 4.78 is 13.5. The number of nitrogens with zero attached hydrogens (tertiary/aromatic N) is 1. The zero-order valence-electron chi connectivity index (χ0n) is 9.68. The van der Waals surface area contributed by atoms with Gasteiger partial charge in [0, 0.05) is 22.8 Å². The number of nitro groups is 1.